The first-order valence-electron chi connectivity index (χ1n) is 7.04. The van der Waals surface area contributed by atoms with Crippen LogP contribution in [0.25, 0.3) is 0 Å². The summed E-state index contributed by atoms with van der Waals surface area (Å²) in [7, 11) is 0. The molecule has 0 saturated heterocycles. The molecule has 2 heterocycles. The van der Waals surface area contributed by atoms with E-state index in [0.717, 1.165) is 5.03 Å². The van der Waals surface area contributed by atoms with Crippen LogP contribution in [0.3, 0.4) is 0 Å². The van der Waals surface area contributed by atoms with Crippen LogP contribution >= 0.6 is 18.8 Å². The molecule has 22 heavy (non-hydrogen) atoms. The molecular formula is C17H13BNOPS. The van der Waals surface area contributed by atoms with Crippen molar-refractivity contribution >= 4 is 41.5 Å². The van der Waals surface area contributed by atoms with Crippen molar-refractivity contribution in [3.63, 3.8) is 0 Å². The summed E-state index contributed by atoms with van der Waals surface area (Å²) < 4.78 is 5.80. The topological polar surface area (TPSA) is 22.1 Å². The summed E-state index contributed by atoms with van der Waals surface area (Å²) in [5.74, 6) is 0. The Morgan fingerprint density at radius 2 is 1.45 bits per heavy atom. The van der Waals surface area contributed by atoms with Crippen molar-refractivity contribution in [2.45, 2.75) is 5.03 Å². The molecule has 2 aromatic carbocycles. The van der Waals surface area contributed by atoms with Gasteiger partial charge in [0.05, 0.1) is 0 Å². The number of hydrogen-bond donors (Lipinski definition) is 0. The quantitative estimate of drug-likeness (QED) is 0.412. The molecule has 0 N–H and O–H groups in total. The summed E-state index contributed by atoms with van der Waals surface area (Å²) in [6.07, 6.45) is 1.82. The molecule has 0 unspecified atom stereocenters. The molecule has 1 aromatic heterocycles. The first-order chi connectivity index (χ1) is 10.9. The average Bonchev–Trinajstić information content (AvgIpc) is 2.63. The molecule has 0 saturated carbocycles. The maximum atomic E-state index is 5.80. The van der Waals surface area contributed by atoms with Crippen molar-refractivity contribution in [3.8, 4) is 0 Å². The maximum absolute atomic E-state index is 5.80. The second-order valence-corrected chi connectivity index (χ2v) is 8.92. The number of pyridine rings is 1. The third-order valence-corrected chi connectivity index (χ3v) is 8.52. The fraction of sp³-hybridized carbons (Fsp3) is 0. The van der Waals surface area contributed by atoms with E-state index in [1.165, 1.54) is 28.0 Å². The number of nitrogens with zero attached hydrogens (tertiary/aromatic N) is 1. The molecule has 3 aromatic rings. The molecule has 0 aliphatic carbocycles. The Bertz CT molecular complexity index is 811. The molecule has 0 bridgehead atoms. The van der Waals surface area contributed by atoms with Gasteiger partial charge in [-0.25, -0.2) is 0 Å². The SMILES string of the molecule is B1=P(c2ccccc2)(c2ccccc2)c2cccnc2SO1. The molecule has 4 rings (SSSR count). The van der Waals surface area contributed by atoms with Crippen LogP contribution in [0.5, 0.6) is 0 Å². The van der Waals surface area contributed by atoms with Gasteiger partial charge in [0.2, 0.25) is 0 Å². The van der Waals surface area contributed by atoms with E-state index in [1.807, 2.05) is 19.1 Å². The zero-order valence-electron chi connectivity index (χ0n) is 11.8. The molecule has 0 fully saturated rings. The summed E-state index contributed by atoms with van der Waals surface area (Å²) in [6, 6.07) is 25.4. The molecule has 0 radical (unpaired) electrons. The van der Waals surface area contributed by atoms with Crippen molar-refractivity contribution in [3.05, 3.63) is 79.0 Å². The van der Waals surface area contributed by atoms with Gasteiger partial charge in [0, 0.05) is 0 Å². The van der Waals surface area contributed by atoms with Gasteiger partial charge in [-0.1, -0.05) is 0 Å². The summed E-state index contributed by atoms with van der Waals surface area (Å²) in [5.41, 5.74) is 0. The molecule has 0 atom stereocenters. The van der Waals surface area contributed by atoms with E-state index in [4.69, 9.17) is 4.10 Å². The zero-order valence-corrected chi connectivity index (χ0v) is 13.5. The third kappa shape index (κ3) is 2.19. The Kier molecular flexibility index (Phi) is 3.75. The Morgan fingerprint density at radius 1 is 0.818 bits per heavy atom. The van der Waals surface area contributed by atoms with Gasteiger partial charge in [-0.05, 0) is 0 Å². The summed E-state index contributed by atoms with van der Waals surface area (Å²) in [5, 5.41) is 4.81. The van der Waals surface area contributed by atoms with Crippen LogP contribution in [-0.2, 0) is 4.10 Å². The van der Waals surface area contributed by atoms with Gasteiger partial charge in [-0.3, -0.25) is 0 Å². The van der Waals surface area contributed by atoms with Gasteiger partial charge < -0.3 is 0 Å². The van der Waals surface area contributed by atoms with Gasteiger partial charge in [0.1, 0.15) is 0 Å². The van der Waals surface area contributed by atoms with E-state index < -0.39 is 6.75 Å². The van der Waals surface area contributed by atoms with Crippen LogP contribution in [0.4, 0.5) is 0 Å². The second-order valence-electron chi connectivity index (χ2n) is 5.01. The van der Waals surface area contributed by atoms with E-state index in [1.54, 1.807) is 0 Å². The summed E-state index contributed by atoms with van der Waals surface area (Å²) in [4.78, 5) is 4.51. The first-order valence-corrected chi connectivity index (χ1v) is 9.64. The van der Waals surface area contributed by atoms with Gasteiger partial charge in [-0.2, -0.15) is 0 Å². The van der Waals surface area contributed by atoms with E-state index in [2.05, 4.69) is 71.7 Å². The van der Waals surface area contributed by atoms with Crippen LogP contribution in [0, 0.1) is 0 Å². The van der Waals surface area contributed by atoms with E-state index in [-0.39, 0.29) is 0 Å². The van der Waals surface area contributed by atoms with Crippen molar-refractivity contribution in [1.82, 2.24) is 4.98 Å². The van der Waals surface area contributed by atoms with Crippen LogP contribution < -0.4 is 15.9 Å². The first kappa shape index (κ1) is 14.0. The van der Waals surface area contributed by atoms with Gasteiger partial charge in [0.15, 0.2) is 0 Å². The molecular weight excluding hydrogens is 308 g/mol. The Balaban J connectivity index is 2.09. The molecule has 2 nitrogen and oxygen atoms in total. The molecule has 0 amide bonds. The van der Waals surface area contributed by atoms with Crippen molar-refractivity contribution in [1.29, 1.82) is 0 Å². The predicted molar refractivity (Wildman–Crippen MR) is 95.6 cm³/mol. The standard InChI is InChI=1S/C17H13BNOPS/c1-3-8-14(9-4-1)21(15-10-5-2-6-11-15)16-12-7-13-19-17(16)22-20-18-21/h1-13H. The second kappa shape index (κ2) is 5.88. The van der Waals surface area contributed by atoms with E-state index in [0.29, 0.717) is 0 Å². The number of aromatic nitrogens is 1. The molecule has 106 valence electrons. The number of rotatable bonds is 2. The normalized spacial score (nSPS) is 15.3. The number of fused-ring (bicyclic) bond motifs is 1. The van der Waals surface area contributed by atoms with E-state index in [9.17, 15) is 0 Å². The number of benzene rings is 2. The van der Waals surface area contributed by atoms with Crippen LogP contribution in [0.2, 0.25) is 0 Å². The Labute approximate surface area is 135 Å². The van der Waals surface area contributed by atoms with Crippen LogP contribution in [0.1, 0.15) is 0 Å². The third-order valence-electron chi connectivity index (χ3n) is 3.79. The number of hydrogen-bond acceptors (Lipinski definition) is 3. The average molecular weight is 321 g/mol. The summed E-state index contributed by atoms with van der Waals surface area (Å²) in [6.45, 7) is 0.119. The zero-order chi connectivity index (χ0) is 14.8. The molecule has 0 spiro atoms. The van der Waals surface area contributed by atoms with Crippen LogP contribution in [0.15, 0.2) is 84.0 Å². The summed E-state index contributed by atoms with van der Waals surface area (Å²) >= 11 is 1.34. The van der Waals surface area contributed by atoms with Crippen LogP contribution in [-0.4, -0.2) is 11.8 Å². The monoisotopic (exact) mass is 321 g/mol. The molecule has 1 aliphatic rings. The molecule has 5 heteroatoms. The Hall–Kier alpha value is -1.61. The van der Waals surface area contributed by atoms with E-state index >= 15 is 0 Å². The van der Waals surface area contributed by atoms with Gasteiger partial charge in [-0.15, -0.1) is 0 Å². The van der Waals surface area contributed by atoms with Crippen molar-refractivity contribution in [2.75, 3.05) is 0 Å². The van der Waals surface area contributed by atoms with Crippen molar-refractivity contribution in [2.24, 2.45) is 0 Å². The predicted octanol–water partition coefficient (Wildman–Crippen LogP) is 2.95. The Morgan fingerprint density at radius 3 is 2.09 bits per heavy atom. The van der Waals surface area contributed by atoms with Gasteiger partial charge >= 0.3 is 135 Å². The van der Waals surface area contributed by atoms with Gasteiger partial charge in [0.25, 0.3) is 0 Å². The molecule has 1 aliphatic heterocycles. The fourth-order valence-electron chi connectivity index (χ4n) is 2.78. The fourth-order valence-corrected chi connectivity index (χ4v) is 7.54. The minimum absolute atomic E-state index is 0.964. The van der Waals surface area contributed by atoms with Crippen molar-refractivity contribution < 1.29 is 4.10 Å². The minimum atomic E-state index is -1.92.